The highest BCUT2D eigenvalue weighted by Crippen LogP contribution is 2.39. The van der Waals surface area contributed by atoms with E-state index < -0.39 is 15.3 Å². The molecule has 0 aliphatic rings. The predicted octanol–water partition coefficient (Wildman–Crippen LogP) is 4.09. The molecule has 0 unspecified atom stereocenters. The van der Waals surface area contributed by atoms with Crippen LogP contribution >= 0.6 is 11.8 Å². The highest BCUT2D eigenvalue weighted by atomic mass is 32.2. The van der Waals surface area contributed by atoms with Crippen LogP contribution in [-0.4, -0.2) is 33.8 Å². The maximum atomic E-state index is 12.8. The molecule has 0 saturated carbocycles. The normalized spacial score (nSPS) is 12.8. The number of nitrogens with zero attached hydrogens (tertiary/aromatic N) is 3. The molecule has 7 nitrogen and oxygen atoms in total. The van der Waals surface area contributed by atoms with Gasteiger partial charge in [-0.15, -0.1) is 0 Å². The van der Waals surface area contributed by atoms with E-state index in [1.54, 1.807) is 7.05 Å². The maximum Gasteiger partial charge on any atom is 0.446 e. The van der Waals surface area contributed by atoms with Gasteiger partial charge >= 0.3 is 11.2 Å². The molecule has 0 saturated heterocycles. The van der Waals surface area contributed by atoms with E-state index in [0.29, 0.717) is 11.0 Å². The van der Waals surface area contributed by atoms with Crippen molar-refractivity contribution >= 4 is 43.7 Å². The number of hydrogen-bond donors (Lipinski definition) is 0. The molecule has 0 fully saturated rings. The van der Waals surface area contributed by atoms with Crippen molar-refractivity contribution in [3.8, 4) is 11.5 Å². The Kier molecular flexibility index (Phi) is 4.97. The van der Waals surface area contributed by atoms with Gasteiger partial charge in [0, 0.05) is 19.0 Å². The lowest BCUT2D eigenvalue weighted by molar-refractivity contribution is -0.0328. The number of rotatable bonds is 4. The zero-order chi connectivity index (χ0) is 22.7. The minimum absolute atomic E-state index is 0.0608. The van der Waals surface area contributed by atoms with E-state index in [0.717, 1.165) is 0 Å². The zero-order valence-electron chi connectivity index (χ0n) is 16.5. The lowest BCUT2D eigenvalue weighted by atomic mass is 10.2. The van der Waals surface area contributed by atoms with E-state index in [9.17, 15) is 26.4 Å². The molecule has 0 N–H and O–H groups in total. The Morgan fingerprint density at radius 2 is 1.74 bits per heavy atom. The first-order chi connectivity index (χ1) is 14.4. The molecule has 0 aliphatic heterocycles. The summed E-state index contributed by atoms with van der Waals surface area (Å²) >= 11 is -0.278. The summed E-state index contributed by atoms with van der Waals surface area (Å²) in [5.41, 5.74) is -3.40. The standard InChI is InChI=1S/C19H16F3N3O4S2/c1-4-31(27,28)16-9-14-13(24(2)18(26)25(14)3)8-11(16)17-23-12-7-10(30-19(20,21)22)5-6-15(12)29-17/h5-9H,4H2,1-3H3. The van der Waals surface area contributed by atoms with Gasteiger partial charge < -0.3 is 4.42 Å². The van der Waals surface area contributed by atoms with Gasteiger partial charge in [0.05, 0.1) is 27.2 Å². The second-order valence-corrected chi connectivity index (χ2v) is 10.2. The zero-order valence-corrected chi connectivity index (χ0v) is 18.2. The van der Waals surface area contributed by atoms with Crippen LogP contribution in [0.15, 0.2) is 49.3 Å². The molecule has 2 aromatic heterocycles. The van der Waals surface area contributed by atoms with Crippen LogP contribution in [0, 0.1) is 0 Å². The van der Waals surface area contributed by atoms with Crippen LogP contribution in [-0.2, 0) is 23.9 Å². The topological polar surface area (TPSA) is 87.1 Å². The molecular formula is C19H16F3N3O4S2. The first-order valence-electron chi connectivity index (χ1n) is 9.00. The number of aromatic nitrogens is 3. The fourth-order valence-corrected chi connectivity index (χ4v) is 4.98. The average Bonchev–Trinajstić information content (AvgIpc) is 3.21. The molecule has 12 heteroatoms. The van der Waals surface area contributed by atoms with E-state index in [-0.39, 0.29) is 55.5 Å². The van der Waals surface area contributed by atoms with Crippen LogP contribution in [0.5, 0.6) is 0 Å². The summed E-state index contributed by atoms with van der Waals surface area (Å²) in [6.45, 7) is 1.49. The molecule has 0 amide bonds. The molecule has 4 aromatic rings. The van der Waals surface area contributed by atoms with Gasteiger partial charge in [-0.1, -0.05) is 6.92 Å². The van der Waals surface area contributed by atoms with E-state index >= 15 is 0 Å². The summed E-state index contributed by atoms with van der Waals surface area (Å²) in [7, 11) is -0.652. The SMILES string of the molecule is CCS(=O)(=O)c1cc2c(cc1-c1nc3cc(SC(F)(F)F)ccc3o1)n(C)c(=O)n2C. The van der Waals surface area contributed by atoms with Crippen LogP contribution in [0.3, 0.4) is 0 Å². The van der Waals surface area contributed by atoms with Crippen molar-refractivity contribution in [3.63, 3.8) is 0 Å². The Morgan fingerprint density at radius 1 is 1.10 bits per heavy atom. The Morgan fingerprint density at radius 3 is 2.35 bits per heavy atom. The first-order valence-corrected chi connectivity index (χ1v) is 11.5. The van der Waals surface area contributed by atoms with Gasteiger partial charge in [-0.2, -0.15) is 13.2 Å². The summed E-state index contributed by atoms with van der Waals surface area (Å²) in [4.78, 5) is 16.4. The number of fused-ring (bicyclic) bond motifs is 2. The molecule has 0 bridgehead atoms. The van der Waals surface area contributed by atoms with E-state index in [1.165, 1.54) is 53.4 Å². The number of aryl methyl sites for hydroxylation is 2. The maximum absolute atomic E-state index is 12.8. The number of hydrogen-bond acceptors (Lipinski definition) is 6. The fourth-order valence-electron chi connectivity index (χ4n) is 3.33. The molecular weight excluding hydrogens is 455 g/mol. The van der Waals surface area contributed by atoms with Crippen LogP contribution in [0.4, 0.5) is 13.2 Å². The monoisotopic (exact) mass is 471 g/mol. The predicted molar refractivity (Wildman–Crippen MR) is 111 cm³/mol. The molecule has 0 spiro atoms. The summed E-state index contributed by atoms with van der Waals surface area (Å²) in [5, 5.41) is 0. The lowest BCUT2D eigenvalue weighted by Gasteiger charge is -2.08. The van der Waals surface area contributed by atoms with E-state index in [2.05, 4.69) is 4.98 Å². The van der Waals surface area contributed by atoms with E-state index in [4.69, 9.17) is 4.42 Å². The van der Waals surface area contributed by atoms with Crippen LogP contribution < -0.4 is 5.69 Å². The third-order valence-corrected chi connectivity index (χ3v) is 7.40. The van der Waals surface area contributed by atoms with Crippen LogP contribution in [0.2, 0.25) is 0 Å². The molecule has 4 rings (SSSR count). The number of imidazole rings is 1. The van der Waals surface area contributed by atoms with Crippen molar-refractivity contribution < 1.29 is 26.0 Å². The molecule has 31 heavy (non-hydrogen) atoms. The highest BCUT2D eigenvalue weighted by Gasteiger charge is 2.30. The summed E-state index contributed by atoms with van der Waals surface area (Å²) < 4.78 is 72.0. The number of alkyl halides is 3. The van der Waals surface area contributed by atoms with Crippen molar-refractivity contribution in [2.45, 2.75) is 22.2 Å². The van der Waals surface area contributed by atoms with Crippen molar-refractivity contribution in [3.05, 3.63) is 40.8 Å². The smallest absolute Gasteiger partial charge is 0.436 e. The van der Waals surface area contributed by atoms with E-state index in [1.807, 2.05) is 0 Å². The number of halogens is 3. The molecule has 0 aliphatic carbocycles. The Labute approximate surface area is 178 Å². The third-order valence-electron chi connectivity index (χ3n) is 4.91. The van der Waals surface area contributed by atoms with Gasteiger partial charge in [-0.25, -0.2) is 18.2 Å². The number of oxazole rings is 1. The Hall–Kier alpha value is -2.73. The molecule has 2 aromatic carbocycles. The van der Waals surface area contributed by atoms with Crippen LogP contribution in [0.1, 0.15) is 6.92 Å². The number of benzene rings is 2. The highest BCUT2D eigenvalue weighted by molar-refractivity contribution is 8.00. The number of sulfone groups is 1. The van der Waals surface area contributed by atoms with Gasteiger partial charge in [0.15, 0.2) is 15.4 Å². The first kappa shape index (κ1) is 21.5. The van der Waals surface area contributed by atoms with Gasteiger partial charge in [-0.3, -0.25) is 9.13 Å². The molecule has 0 radical (unpaired) electrons. The second kappa shape index (κ2) is 7.16. The average molecular weight is 471 g/mol. The minimum Gasteiger partial charge on any atom is -0.436 e. The van der Waals surface area contributed by atoms with Gasteiger partial charge in [0.2, 0.25) is 5.89 Å². The second-order valence-electron chi connectivity index (χ2n) is 6.84. The number of thioether (sulfide) groups is 1. The third kappa shape index (κ3) is 3.74. The quantitative estimate of drug-likeness (QED) is 0.417. The fraction of sp³-hybridized carbons (Fsp3) is 0.263. The van der Waals surface area contributed by atoms with Crippen molar-refractivity contribution in [2.24, 2.45) is 14.1 Å². The van der Waals surface area contributed by atoms with Crippen molar-refractivity contribution in [1.82, 2.24) is 14.1 Å². The molecule has 2 heterocycles. The van der Waals surface area contributed by atoms with Gasteiger partial charge in [0.25, 0.3) is 0 Å². The molecule has 164 valence electrons. The van der Waals surface area contributed by atoms with Gasteiger partial charge in [-0.05, 0) is 42.1 Å². The Balaban J connectivity index is 1.98. The molecule has 0 atom stereocenters. The van der Waals surface area contributed by atoms with Crippen molar-refractivity contribution in [1.29, 1.82) is 0 Å². The largest absolute Gasteiger partial charge is 0.446 e. The summed E-state index contributed by atoms with van der Waals surface area (Å²) in [6, 6.07) is 6.72. The summed E-state index contributed by atoms with van der Waals surface area (Å²) in [5.74, 6) is -0.256. The van der Waals surface area contributed by atoms with Crippen LogP contribution in [0.25, 0.3) is 33.6 Å². The minimum atomic E-state index is -4.45. The Bertz CT molecular complexity index is 1500. The van der Waals surface area contributed by atoms with Gasteiger partial charge in [0.1, 0.15) is 5.52 Å². The summed E-state index contributed by atoms with van der Waals surface area (Å²) in [6.07, 6.45) is 0. The van der Waals surface area contributed by atoms with Crippen molar-refractivity contribution in [2.75, 3.05) is 5.75 Å². The lowest BCUT2D eigenvalue weighted by Crippen LogP contribution is -2.19.